The quantitative estimate of drug-likeness (QED) is 0.446. The Labute approximate surface area is 141 Å². The number of nitrogens with zero attached hydrogens (tertiary/aromatic N) is 3. The standard InChI is InChI=1S/C17H21N3O4/c1-3-4-7-18-8-10-19(11-9-18)17(21)13-14-5-6-16(24-2)15(12-14)20(22)23/h1,5-6,12H,4,7-11,13H2,2H3. The Morgan fingerprint density at radius 2 is 2.08 bits per heavy atom. The number of nitro benzene ring substituents is 1. The van der Waals surface area contributed by atoms with E-state index in [1.54, 1.807) is 11.0 Å². The number of terminal acetylenes is 1. The summed E-state index contributed by atoms with van der Waals surface area (Å²) >= 11 is 0. The van der Waals surface area contributed by atoms with Crippen LogP contribution in [-0.2, 0) is 11.2 Å². The van der Waals surface area contributed by atoms with Gasteiger partial charge >= 0.3 is 5.69 Å². The molecule has 0 bridgehead atoms. The Kier molecular flexibility index (Phi) is 6.15. The van der Waals surface area contributed by atoms with Crippen molar-refractivity contribution in [2.45, 2.75) is 12.8 Å². The van der Waals surface area contributed by atoms with Gasteiger partial charge in [-0.1, -0.05) is 6.07 Å². The lowest BCUT2D eigenvalue weighted by atomic mass is 10.1. The molecule has 1 fully saturated rings. The van der Waals surface area contributed by atoms with Gasteiger partial charge in [0.05, 0.1) is 18.5 Å². The third kappa shape index (κ3) is 4.46. The number of carbonyl (C=O) groups excluding carboxylic acids is 1. The first-order valence-corrected chi connectivity index (χ1v) is 7.80. The van der Waals surface area contributed by atoms with Crippen molar-refractivity contribution in [3.63, 3.8) is 0 Å². The smallest absolute Gasteiger partial charge is 0.311 e. The van der Waals surface area contributed by atoms with Crippen molar-refractivity contribution in [3.8, 4) is 18.1 Å². The Bertz CT molecular complexity index is 646. The van der Waals surface area contributed by atoms with Crippen LogP contribution in [0.5, 0.6) is 5.75 Å². The summed E-state index contributed by atoms with van der Waals surface area (Å²) in [4.78, 5) is 27.0. The van der Waals surface area contributed by atoms with Gasteiger partial charge in [0.15, 0.2) is 5.75 Å². The minimum Gasteiger partial charge on any atom is -0.490 e. The van der Waals surface area contributed by atoms with E-state index in [0.717, 1.165) is 19.6 Å². The molecule has 0 atom stereocenters. The summed E-state index contributed by atoms with van der Waals surface area (Å²) in [6.07, 6.45) is 6.12. The second kappa shape index (κ2) is 8.31. The number of benzene rings is 1. The van der Waals surface area contributed by atoms with Gasteiger partial charge in [0.2, 0.25) is 5.91 Å². The summed E-state index contributed by atoms with van der Waals surface area (Å²) in [6, 6.07) is 4.62. The molecule has 1 heterocycles. The molecule has 1 aromatic carbocycles. The van der Waals surface area contributed by atoms with Gasteiger partial charge in [-0.25, -0.2) is 0 Å². The maximum atomic E-state index is 12.4. The maximum absolute atomic E-state index is 12.4. The SMILES string of the molecule is C#CCCN1CCN(C(=O)Cc2ccc(OC)c([N+](=O)[O-])c2)CC1. The summed E-state index contributed by atoms with van der Waals surface area (Å²) in [5.74, 6) is 2.79. The molecular formula is C17H21N3O4. The Morgan fingerprint density at radius 1 is 1.38 bits per heavy atom. The monoisotopic (exact) mass is 331 g/mol. The van der Waals surface area contributed by atoms with E-state index in [9.17, 15) is 14.9 Å². The molecule has 0 unspecified atom stereocenters. The van der Waals surface area contributed by atoms with Crippen LogP contribution < -0.4 is 4.74 Å². The van der Waals surface area contributed by atoms with Crippen molar-refractivity contribution in [2.75, 3.05) is 39.8 Å². The van der Waals surface area contributed by atoms with Crippen LogP contribution >= 0.6 is 0 Å². The zero-order valence-electron chi connectivity index (χ0n) is 13.7. The molecule has 0 aromatic heterocycles. The van der Waals surface area contributed by atoms with Gasteiger partial charge in [-0.05, 0) is 11.6 Å². The predicted molar refractivity (Wildman–Crippen MR) is 89.8 cm³/mol. The summed E-state index contributed by atoms with van der Waals surface area (Å²) in [7, 11) is 1.38. The van der Waals surface area contributed by atoms with E-state index in [1.807, 2.05) is 0 Å². The predicted octanol–water partition coefficient (Wildman–Crippen LogP) is 1.31. The lowest BCUT2D eigenvalue weighted by molar-refractivity contribution is -0.385. The van der Waals surface area contributed by atoms with Crippen LogP contribution in [-0.4, -0.2) is 60.5 Å². The molecule has 1 saturated heterocycles. The van der Waals surface area contributed by atoms with E-state index in [1.165, 1.54) is 19.2 Å². The average molecular weight is 331 g/mol. The molecule has 0 N–H and O–H groups in total. The Balaban J connectivity index is 1.95. The number of hydrogen-bond donors (Lipinski definition) is 0. The van der Waals surface area contributed by atoms with Crippen molar-refractivity contribution < 1.29 is 14.5 Å². The number of rotatable bonds is 6. The number of amides is 1. The third-order valence-corrected chi connectivity index (χ3v) is 4.09. The minimum absolute atomic E-state index is 0.0222. The molecule has 1 aromatic rings. The van der Waals surface area contributed by atoms with Crippen LogP contribution in [0, 0.1) is 22.5 Å². The number of hydrogen-bond acceptors (Lipinski definition) is 5. The molecular weight excluding hydrogens is 310 g/mol. The summed E-state index contributed by atoms with van der Waals surface area (Å²) in [6.45, 7) is 3.76. The fourth-order valence-corrected chi connectivity index (χ4v) is 2.72. The third-order valence-electron chi connectivity index (χ3n) is 4.09. The van der Waals surface area contributed by atoms with Gasteiger partial charge < -0.3 is 9.64 Å². The van der Waals surface area contributed by atoms with Crippen molar-refractivity contribution in [1.29, 1.82) is 0 Å². The van der Waals surface area contributed by atoms with Gasteiger partial charge in [-0.3, -0.25) is 19.8 Å². The van der Waals surface area contributed by atoms with Gasteiger partial charge in [0, 0.05) is 45.2 Å². The highest BCUT2D eigenvalue weighted by Gasteiger charge is 2.22. The van der Waals surface area contributed by atoms with Crippen molar-refractivity contribution in [1.82, 2.24) is 9.80 Å². The first-order valence-electron chi connectivity index (χ1n) is 7.80. The fourth-order valence-electron chi connectivity index (χ4n) is 2.72. The van der Waals surface area contributed by atoms with E-state index in [2.05, 4.69) is 10.8 Å². The van der Waals surface area contributed by atoms with E-state index < -0.39 is 4.92 Å². The van der Waals surface area contributed by atoms with Crippen molar-refractivity contribution >= 4 is 11.6 Å². The number of nitro groups is 1. The topological polar surface area (TPSA) is 75.9 Å². The highest BCUT2D eigenvalue weighted by atomic mass is 16.6. The molecule has 0 aliphatic carbocycles. The van der Waals surface area contributed by atoms with Crippen LogP contribution in [0.4, 0.5) is 5.69 Å². The second-order valence-electron chi connectivity index (χ2n) is 5.62. The normalized spacial score (nSPS) is 14.9. The fraction of sp³-hybridized carbons (Fsp3) is 0.471. The van der Waals surface area contributed by atoms with E-state index in [4.69, 9.17) is 11.2 Å². The summed E-state index contributed by atoms with van der Waals surface area (Å²) in [5.41, 5.74) is 0.490. The van der Waals surface area contributed by atoms with E-state index in [-0.39, 0.29) is 23.8 Å². The van der Waals surface area contributed by atoms with Crippen LogP contribution in [0.2, 0.25) is 0 Å². The van der Waals surface area contributed by atoms with Gasteiger partial charge in [-0.15, -0.1) is 12.3 Å². The maximum Gasteiger partial charge on any atom is 0.311 e. The zero-order valence-corrected chi connectivity index (χ0v) is 13.7. The highest BCUT2D eigenvalue weighted by molar-refractivity contribution is 5.79. The Hall–Kier alpha value is -2.59. The number of carbonyl (C=O) groups is 1. The summed E-state index contributed by atoms with van der Waals surface area (Å²) in [5, 5.41) is 11.1. The van der Waals surface area contributed by atoms with Gasteiger partial charge in [0.1, 0.15) is 0 Å². The molecule has 0 spiro atoms. The highest BCUT2D eigenvalue weighted by Crippen LogP contribution is 2.27. The van der Waals surface area contributed by atoms with Gasteiger partial charge in [-0.2, -0.15) is 0 Å². The summed E-state index contributed by atoms with van der Waals surface area (Å²) < 4.78 is 4.97. The molecule has 2 rings (SSSR count). The number of ether oxygens (including phenoxy) is 1. The average Bonchev–Trinajstić information content (AvgIpc) is 2.60. The van der Waals surface area contributed by atoms with Crippen LogP contribution in [0.1, 0.15) is 12.0 Å². The molecule has 1 aliphatic heterocycles. The zero-order chi connectivity index (χ0) is 17.5. The largest absolute Gasteiger partial charge is 0.490 e. The van der Waals surface area contributed by atoms with Crippen molar-refractivity contribution in [2.24, 2.45) is 0 Å². The first-order chi connectivity index (χ1) is 11.5. The van der Waals surface area contributed by atoms with Crippen LogP contribution in [0.3, 0.4) is 0 Å². The lowest BCUT2D eigenvalue weighted by Crippen LogP contribution is -2.49. The number of methoxy groups -OCH3 is 1. The lowest BCUT2D eigenvalue weighted by Gasteiger charge is -2.34. The van der Waals surface area contributed by atoms with Crippen LogP contribution in [0.25, 0.3) is 0 Å². The molecule has 24 heavy (non-hydrogen) atoms. The van der Waals surface area contributed by atoms with Gasteiger partial charge in [0.25, 0.3) is 0 Å². The molecule has 128 valence electrons. The molecule has 1 amide bonds. The van der Waals surface area contributed by atoms with Crippen LogP contribution in [0.15, 0.2) is 18.2 Å². The van der Waals surface area contributed by atoms with Crippen molar-refractivity contribution in [3.05, 3.63) is 33.9 Å². The molecule has 0 saturated carbocycles. The Morgan fingerprint density at radius 3 is 2.67 bits per heavy atom. The minimum atomic E-state index is -0.503. The number of piperazine rings is 1. The second-order valence-corrected chi connectivity index (χ2v) is 5.62. The molecule has 0 radical (unpaired) electrons. The van der Waals surface area contributed by atoms with E-state index >= 15 is 0 Å². The molecule has 1 aliphatic rings. The first kappa shape index (κ1) is 17.8. The van der Waals surface area contributed by atoms with E-state index in [0.29, 0.717) is 25.1 Å². The molecule has 7 heteroatoms. The molecule has 7 nitrogen and oxygen atoms in total.